The lowest BCUT2D eigenvalue weighted by atomic mass is 9.74. The second-order valence-electron chi connectivity index (χ2n) is 6.87. The van der Waals surface area contributed by atoms with Crippen LogP contribution in [0.1, 0.15) is 39.1 Å². The molecule has 5 heteroatoms. The zero-order chi connectivity index (χ0) is 16.1. The van der Waals surface area contributed by atoms with Crippen molar-refractivity contribution in [3.63, 3.8) is 0 Å². The monoisotopic (exact) mass is 299 g/mol. The van der Waals surface area contributed by atoms with E-state index in [1.54, 1.807) is 0 Å². The molecule has 4 nitrogen and oxygen atoms in total. The van der Waals surface area contributed by atoms with E-state index in [9.17, 15) is 0 Å². The lowest BCUT2D eigenvalue weighted by Gasteiger charge is -2.32. The van der Waals surface area contributed by atoms with Crippen LogP contribution in [0, 0.1) is 13.8 Å². The van der Waals surface area contributed by atoms with Gasteiger partial charge >= 0.3 is 7.12 Å². The first-order valence-corrected chi connectivity index (χ1v) is 7.61. The molecule has 1 fully saturated rings. The molecule has 0 atom stereocenters. The molecule has 1 aliphatic heterocycles. The molecule has 1 aromatic carbocycles. The van der Waals surface area contributed by atoms with E-state index in [1.807, 2.05) is 32.0 Å². The van der Waals surface area contributed by atoms with E-state index in [2.05, 4.69) is 38.9 Å². The van der Waals surface area contributed by atoms with E-state index in [0.717, 1.165) is 28.0 Å². The van der Waals surface area contributed by atoms with Gasteiger partial charge in [0.05, 0.1) is 16.9 Å². The van der Waals surface area contributed by atoms with Crippen molar-refractivity contribution in [3.05, 3.63) is 35.7 Å². The Hall–Kier alpha value is -1.59. The molecule has 0 bridgehead atoms. The van der Waals surface area contributed by atoms with Crippen molar-refractivity contribution < 1.29 is 13.8 Å². The number of rotatable bonds is 2. The third kappa shape index (κ3) is 2.29. The van der Waals surface area contributed by atoms with Gasteiger partial charge in [0.2, 0.25) is 0 Å². The van der Waals surface area contributed by atoms with E-state index >= 15 is 0 Å². The minimum absolute atomic E-state index is 0.358. The standard InChI is InChI=1S/C17H22BNO3/c1-11-15(12(2)20-19-11)13-9-7-8-10-14(13)18-21-16(3,4)17(5,6)22-18/h7-10H,1-6H3. The van der Waals surface area contributed by atoms with E-state index in [-0.39, 0.29) is 11.2 Å². The Bertz CT molecular complexity index is 670. The molecule has 2 aromatic rings. The molecule has 116 valence electrons. The smallest absolute Gasteiger partial charge is 0.399 e. The van der Waals surface area contributed by atoms with Gasteiger partial charge in [-0.2, -0.15) is 0 Å². The molecule has 0 aliphatic carbocycles. The average Bonchev–Trinajstić information content (AvgIpc) is 2.87. The summed E-state index contributed by atoms with van der Waals surface area (Å²) in [5, 5.41) is 4.06. The maximum Gasteiger partial charge on any atom is 0.495 e. The topological polar surface area (TPSA) is 44.5 Å². The first kappa shape index (κ1) is 15.3. The Kier molecular flexibility index (Phi) is 3.46. The van der Waals surface area contributed by atoms with Gasteiger partial charge in [-0.05, 0) is 52.6 Å². The van der Waals surface area contributed by atoms with Gasteiger partial charge in [-0.1, -0.05) is 29.4 Å². The Morgan fingerprint density at radius 2 is 1.55 bits per heavy atom. The van der Waals surface area contributed by atoms with Gasteiger partial charge in [-0.3, -0.25) is 0 Å². The molecule has 22 heavy (non-hydrogen) atoms. The molecule has 0 N–H and O–H groups in total. The van der Waals surface area contributed by atoms with Gasteiger partial charge < -0.3 is 13.8 Å². The summed E-state index contributed by atoms with van der Waals surface area (Å²) in [4.78, 5) is 0. The second-order valence-corrected chi connectivity index (χ2v) is 6.87. The van der Waals surface area contributed by atoms with Crippen molar-refractivity contribution in [1.82, 2.24) is 5.16 Å². The minimum Gasteiger partial charge on any atom is -0.399 e. The summed E-state index contributed by atoms with van der Waals surface area (Å²) in [6.45, 7) is 12.1. The first-order chi connectivity index (χ1) is 10.2. The number of aryl methyl sites for hydroxylation is 2. The summed E-state index contributed by atoms with van der Waals surface area (Å²) in [5.41, 5.74) is 3.24. The average molecular weight is 299 g/mol. The Balaban J connectivity index is 2.08. The van der Waals surface area contributed by atoms with E-state index in [4.69, 9.17) is 13.8 Å². The molecule has 0 saturated carbocycles. The molecule has 0 unspecified atom stereocenters. The van der Waals surface area contributed by atoms with Crippen LogP contribution in [-0.4, -0.2) is 23.5 Å². The molecule has 3 rings (SSSR count). The SMILES string of the molecule is Cc1noc(C)c1-c1ccccc1B1OC(C)(C)C(C)(C)O1. The molecule has 0 amide bonds. The highest BCUT2D eigenvalue weighted by atomic mass is 16.7. The van der Waals surface area contributed by atoms with Crippen LogP contribution < -0.4 is 5.46 Å². The largest absolute Gasteiger partial charge is 0.495 e. The van der Waals surface area contributed by atoms with Crippen LogP contribution in [0.3, 0.4) is 0 Å². The molecule has 2 heterocycles. The van der Waals surface area contributed by atoms with Gasteiger partial charge in [0, 0.05) is 5.56 Å². The van der Waals surface area contributed by atoms with Crippen molar-refractivity contribution in [3.8, 4) is 11.1 Å². The summed E-state index contributed by atoms with van der Waals surface area (Å²) < 4.78 is 17.7. The quantitative estimate of drug-likeness (QED) is 0.798. The maximum atomic E-state index is 6.20. The fourth-order valence-electron chi connectivity index (χ4n) is 2.77. The fraction of sp³-hybridized carbons (Fsp3) is 0.471. The molecular weight excluding hydrogens is 277 g/mol. The van der Waals surface area contributed by atoms with Gasteiger partial charge in [0.25, 0.3) is 0 Å². The number of nitrogens with zero attached hydrogens (tertiary/aromatic N) is 1. The Labute approximate surface area is 131 Å². The maximum absolute atomic E-state index is 6.20. The molecule has 1 aromatic heterocycles. The van der Waals surface area contributed by atoms with E-state index in [1.165, 1.54) is 0 Å². The van der Waals surface area contributed by atoms with Crippen LogP contribution in [0.2, 0.25) is 0 Å². The van der Waals surface area contributed by atoms with Crippen LogP contribution >= 0.6 is 0 Å². The highest BCUT2D eigenvalue weighted by Crippen LogP contribution is 2.37. The zero-order valence-corrected chi connectivity index (χ0v) is 14.1. The minimum atomic E-state index is -0.394. The lowest BCUT2D eigenvalue weighted by molar-refractivity contribution is 0.00578. The van der Waals surface area contributed by atoms with E-state index < -0.39 is 7.12 Å². The van der Waals surface area contributed by atoms with Gasteiger partial charge in [0.1, 0.15) is 5.76 Å². The number of benzene rings is 1. The van der Waals surface area contributed by atoms with Crippen molar-refractivity contribution >= 4 is 12.6 Å². The van der Waals surface area contributed by atoms with Crippen LogP contribution in [0.5, 0.6) is 0 Å². The van der Waals surface area contributed by atoms with Crippen molar-refractivity contribution in [2.24, 2.45) is 0 Å². The number of hydrogen-bond acceptors (Lipinski definition) is 4. The van der Waals surface area contributed by atoms with Crippen LogP contribution in [0.4, 0.5) is 0 Å². The fourth-order valence-corrected chi connectivity index (χ4v) is 2.77. The summed E-state index contributed by atoms with van der Waals surface area (Å²) in [5.74, 6) is 0.807. The van der Waals surface area contributed by atoms with Gasteiger partial charge in [-0.25, -0.2) is 0 Å². The first-order valence-electron chi connectivity index (χ1n) is 7.61. The Morgan fingerprint density at radius 3 is 2.09 bits per heavy atom. The molecule has 0 spiro atoms. The van der Waals surface area contributed by atoms with Crippen LogP contribution in [0.25, 0.3) is 11.1 Å². The van der Waals surface area contributed by atoms with Crippen molar-refractivity contribution in [2.45, 2.75) is 52.7 Å². The predicted octanol–water partition coefficient (Wildman–Crippen LogP) is 3.26. The van der Waals surface area contributed by atoms with Gasteiger partial charge in [-0.15, -0.1) is 0 Å². The highest BCUT2D eigenvalue weighted by Gasteiger charge is 2.52. The van der Waals surface area contributed by atoms with Crippen molar-refractivity contribution in [2.75, 3.05) is 0 Å². The zero-order valence-electron chi connectivity index (χ0n) is 14.1. The highest BCUT2D eigenvalue weighted by molar-refractivity contribution is 6.63. The molecule has 0 radical (unpaired) electrons. The van der Waals surface area contributed by atoms with Crippen molar-refractivity contribution in [1.29, 1.82) is 0 Å². The third-order valence-corrected chi connectivity index (χ3v) is 4.77. The lowest BCUT2D eigenvalue weighted by Crippen LogP contribution is -2.41. The summed E-state index contributed by atoms with van der Waals surface area (Å²) in [7, 11) is -0.394. The molecule has 1 aliphatic rings. The second kappa shape index (κ2) is 4.96. The summed E-state index contributed by atoms with van der Waals surface area (Å²) in [6.07, 6.45) is 0. The van der Waals surface area contributed by atoms with Gasteiger partial charge in [0.15, 0.2) is 0 Å². The number of aromatic nitrogens is 1. The third-order valence-electron chi connectivity index (χ3n) is 4.77. The predicted molar refractivity (Wildman–Crippen MR) is 87.1 cm³/mol. The molecular formula is C17H22BNO3. The summed E-state index contributed by atoms with van der Waals surface area (Å²) >= 11 is 0. The van der Waals surface area contributed by atoms with Crippen LogP contribution in [0.15, 0.2) is 28.8 Å². The molecule has 1 saturated heterocycles. The Morgan fingerprint density at radius 1 is 0.955 bits per heavy atom. The van der Waals surface area contributed by atoms with E-state index in [0.29, 0.717) is 0 Å². The normalized spacial score (nSPS) is 19.6. The summed E-state index contributed by atoms with van der Waals surface area (Å²) in [6, 6.07) is 8.12. The number of hydrogen-bond donors (Lipinski definition) is 0. The van der Waals surface area contributed by atoms with Crippen LogP contribution in [-0.2, 0) is 9.31 Å².